The molecule has 2 aromatic rings. The van der Waals surface area contributed by atoms with Crippen molar-refractivity contribution in [3.8, 4) is 11.5 Å². The van der Waals surface area contributed by atoms with Crippen LogP contribution in [0.1, 0.15) is 43.0 Å². The van der Waals surface area contributed by atoms with Crippen LogP contribution in [-0.2, 0) is 14.8 Å². The highest BCUT2D eigenvalue weighted by Crippen LogP contribution is 2.31. The largest absolute Gasteiger partial charge is 0.493 e. The second kappa shape index (κ2) is 10.0. The van der Waals surface area contributed by atoms with Crippen LogP contribution in [0.4, 0.5) is 5.69 Å². The Morgan fingerprint density at radius 1 is 1.06 bits per heavy atom. The minimum atomic E-state index is -3.69. The van der Waals surface area contributed by atoms with Crippen molar-refractivity contribution >= 4 is 21.6 Å². The fourth-order valence-corrected chi connectivity index (χ4v) is 4.74. The second-order valence-electron chi connectivity index (χ2n) is 7.61. The van der Waals surface area contributed by atoms with Gasteiger partial charge < -0.3 is 14.8 Å². The van der Waals surface area contributed by atoms with Gasteiger partial charge in [0.15, 0.2) is 11.5 Å². The molecule has 8 heteroatoms. The molecule has 0 spiro atoms. The summed E-state index contributed by atoms with van der Waals surface area (Å²) in [5.41, 5.74) is 3.05. The number of hydrogen-bond acceptors (Lipinski definition) is 5. The number of anilines is 1. The summed E-state index contributed by atoms with van der Waals surface area (Å²) in [7, 11) is -0.579. The molecule has 2 atom stereocenters. The molecule has 1 amide bonds. The number of aryl methyl sites for hydroxylation is 2. The molecule has 0 unspecified atom stereocenters. The maximum Gasteiger partial charge on any atom is 0.244 e. The number of nitrogens with one attached hydrogen (secondary N) is 1. The first kappa shape index (κ1) is 24.5. The van der Waals surface area contributed by atoms with E-state index in [0.29, 0.717) is 23.6 Å². The van der Waals surface area contributed by atoms with E-state index in [4.69, 9.17) is 9.47 Å². The predicted molar refractivity (Wildman–Crippen MR) is 123 cm³/mol. The van der Waals surface area contributed by atoms with Crippen LogP contribution >= 0.6 is 0 Å². The van der Waals surface area contributed by atoms with Gasteiger partial charge in [0, 0.05) is 0 Å². The van der Waals surface area contributed by atoms with Gasteiger partial charge >= 0.3 is 0 Å². The normalized spacial score (nSPS) is 13.3. The number of nitrogens with zero attached hydrogens (tertiary/aromatic N) is 1. The van der Waals surface area contributed by atoms with Crippen molar-refractivity contribution in [3.05, 3.63) is 53.1 Å². The van der Waals surface area contributed by atoms with Gasteiger partial charge in [-0.2, -0.15) is 0 Å². The highest BCUT2D eigenvalue weighted by Gasteiger charge is 2.31. The van der Waals surface area contributed by atoms with Crippen LogP contribution in [-0.4, -0.2) is 40.8 Å². The number of benzene rings is 2. The van der Waals surface area contributed by atoms with E-state index in [0.717, 1.165) is 22.9 Å². The lowest BCUT2D eigenvalue weighted by molar-refractivity contribution is -0.122. The number of hydrogen-bond donors (Lipinski definition) is 1. The smallest absolute Gasteiger partial charge is 0.244 e. The van der Waals surface area contributed by atoms with Crippen molar-refractivity contribution in [2.24, 2.45) is 0 Å². The van der Waals surface area contributed by atoms with E-state index in [9.17, 15) is 13.2 Å². The van der Waals surface area contributed by atoms with E-state index in [1.807, 2.05) is 45.0 Å². The number of rotatable bonds is 9. The van der Waals surface area contributed by atoms with Gasteiger partial charge in [0.05, 0.1) is 32.2 Å². The Labute approximate surface area is 185 Å². The minimum absolute atomic E-state index is 0.310. The fourth-order valence-electron chi connectivity index (χ4n) is 3.52. The van der Waals surface area contributed by atoms with Gasteiger partial charge in [-0.3, -0.25) is 9.10 Å². The number of ether oxygens (including phenoxy) is 2. The first-order valence-corrected chi connectivity index (χ1v) is 12.0. The molecular formula is C23H32N2O5S. The Balaban J connectivity index is 2.35. The van der Waals surface area contributed by atoms with Gasteiger partial charge in [0.2, 0.25) is 15.9 Å². The van der Waals surface area contributed by atoms with E-state index in [-0.39, 0.29) is 11.9 Å². The van der Waals surface area contributed by atoms with Crippen LogP contribution in [0.5, 0.6) is 11.5 Å². The molecule has 2 rings (SSSR count). The quantitative estimate of drug-likeness (QED) is 0.632. The van der Waals surface area contributed by atoms with Crippen molar-refractivity contribution in [2.75, 3.05) is 24.8 Å². The Kier molecular flexibility index (Phi) is 7.95. The summed E-state index contributed by atoms with van der Waals surface area (Å²) in [6.45, 7) is 7.26. The first-order valence-electron chi connectivity index (χ1n) is 10.1. The molecule has 0 aromatic heterocycles. The lowest BCUT2D eigenvalue weighted by Crippen LogP contribution is -2.48. The lowest BCUT2D eigenvalue weighted by Gasteiger charge is -2.31. The van der Waals surface area contributed by atoms with Crippen LogP contribution in [0, 0.1) is 13.8 Å². The summed E-state index contributed by atoms with van der Waals surface area (Å²) in [6.07, 6.45) is 1.74. The molecule has 170 valence electrons. The van der Waals surface area contributed by atoms with Crippen molar-refractivity contribution in [1.82, 2.24) is 5.32 Å². The van der Waals surface area contributed by atoms with Gasteiger partial charge in [0.1, 0.15) is 6.04 Å². The molecule has 0 aliphatic carbocycles. The molecule has 0 aliphatic heterocycles. The summed E-state index contributed by atoms with van der Waals surface area (Å²) in [5.74, 6) is 0.779. The second-order valence-corrected chi connectivity index (χ2v) is 9.47. The molecule has 0 aliphatic rings. The Morgan fingerprint density at radius 2 is 1.71 bits per heavy atom. The molecular weight excluding hydrogens is 416 g/mol. The van der Waals surface area contributed by atoms with Crippen molar-refractivity contribution < 1.29 is 22.7 Å². The lowest BCUT2D eigenvalue weighted by atomic mass is 10.0. The molecule has 31 heavy (non-hydrogen) atoms. The summed E-state index contributed by atoms with van der Waals surface area (Å²) >= 11 is 0. The molecule has 0 saturated carbocycles. The molecule has 0 radical (unpaired) electrons. The SMILES string of the molecule is CC[C@@H](NC(=O)[C@H](C)N(c1cc(C)ccc1C)S(C)(=O)=O)c1ccc(OC)c(OC)c1. The Bertz CT molecular complexity index is 1040. The van der Waals surface area contributed by atoms with Crippen LogP contribution in [0.25, 0.3) is 0 Å². The zero-order chi connectivity index (χ0) is 23.3. The summed E-state index contributed by atoms with van der Waals surface area (Å²) in [4.78, 5) is 13.1. The topological polar surface area (TPSA) is 84.9 Å². The van der Waals surface area contributed by atoms with Gasteiger partial charge in [-0.15, -0.1) is 0 Å². The molecule has 1 N–H and O–H groups in total. The average molecular weight is 449 g/mol. The number of carbonyl (C=O) groups excluding carboxylic acids is 1. The Hall–Kier alpha value is -2.74. The van der Waals surface area contributed by atoms with Gasteiger partial charge in [0.25, 0.3) is 0 Å². The van der Waals surface area contributed by atoms with Crippen LogP contribution < -0.4 is 19.1 Å². The van der Waals surface area contributed by atoms with Crippen LogP contribution in [0.15, 0.2) is 36.4 Å². The molecule has 2 aromatic carbocycles. The van der Waals surface area contributed by atoms with E-state index >= 15 is 0 Å². The van der Waals surface area contributed by atoms with Crippen LogP contribution in [0.2, 0.25) is 0 Å². The third-order valence-corrected chi connectivity index (χ3v) is 6.45. The molecule has 0 saturated heterocycles. The standard InChI is InChI=1S/C23H32N2O5S/c1-8-19(18-11-12-21(29-5)22(14-18)30-6)24-23(26)17(4)25(31(7,27)28)20-13-15(2)9-10-16(20)3/h9-14,17,19H,8H2,1-7H3,(H,24,26)/t17-,19+/m0/s1. The van der Waals surface area contributed by atoms with Crippen molar-refractivity contribution in [3.63, 3.8) is 0 Å². The molecule has 0 bridgehead atoms. The van der Waals surface area contributed by atoms with E-state index in [1.165, 1.54) is 4.31 Å². The predicted octanol–water partition coefficient (Wildman–Crippen LogP) is 3.74. The van der Waals surface area contributed by atoms with Gasteiger partial charge in [-0.1, -0.05) is 25.1 Å². The number of sulfonamides is 1. The van der Waals surface area contributed by atoms with Crippen molar-refractivity contribution in [2.45, 2.75) is 46.2 Å². The summed E-state index contributed by atoms with van der Waals surface area (Å²) in [5, 5.41) is 2.99. The third-order valence-electron chi connectivity index (χ3n) is 5.23. The van der Waals surface area contributed by atoms with Crippen LogP contribution in [0.3, 0.4) is 0 Å². The third kappa shape index (κ3) is 5.70. The van der Waals surface area contributed by atoms with E-state index < -0.39 is 16.1 Å². The molecule has 7 nitrogen and oxygen atoms in total. The summed E-state index contributed by atoms with van der Waals surface area (Å²) < 4.78 is 37.1. The minimum Gasteiger partial charge on any atom is -0.493 e. The van der Waals surface area contributed by atoms with E-state index in [1.54, 1.807) is 33.3 Å². The molecule has 0 fully saturated rings. The Morgan fingerprint density at radius 3 is 2.26 bits per heavy atom. The fraction of sp³-hybridized carbons (Fsp3) is 0.435. The van der Waals surface area contributed by atoms with Gasteiger partial charge in [-0.25, -0.2) is 8.42 Å². The number of carbonyl (C=O) groups is 1. The van der Waals surface area contributed by atoms with Gasteiger partial charge in [-0.05, 0) is 62.1 Å². The highest BCUT2D eigenvalue weighted by molar-refractivity contribution is 7.92. The maximum atomic E-state index is 13.1. The first-order chi connectivity index (χ1) is 14.5. The zero-order valence-corrected chi connectivity index (χ0v) is 20.0. The number of amides is 1. The number of methoxy groups -OCH3 is 2. The zero-order valence-electron chi connectivity index (χ0n) is 19.2. The summed E-state index contributed by atoms with van der Waals surface area (Å²) in [6, 6.07) is 9.77. The monoisotopic (exact) mass is 448 g/mol. The van der Waals surface area contributed by atoms with E-state index in [2.05, 4.69) is 5.32 Å². The molecule has 0 heterocycles. The maximum absolute atomic E-state index is 13.1. The van der Waals surface area contributed by atoms with Crippen molar-refractivity contribution in [1.29, 1.82) is 0 Å². The average Bonchev–Trinajstić information content (AvgIpc) is 2.72. The highest BCUT2D eigenvalue weighted by atomic mass is 32.2.